The number of ether oxygens (including phenoxy) is 1. The molecule has 146 valence electrons. The molecule has 1 N–H and O–H groups in total. The highest BCUT2D eigenvalue weighted by Gasteiger charge is 2.34. The van der Waals surface area contributed by atoms with E-state index in [0.717, 1.165) is 17.1 Å². The van der Waals surface area contributed by atoms with Crippen LogP contribution in [-0.2, 0) is 4.79 Å². The summed E-state index contributed by atoms with van der Waals surface area (Å²) in [5.41, 5.74) is 2.35. The average Bonchev–Trinajstić information content (AvgIpc) is 3.34. The summed E-state index contributed by atoms with van der Waals surface area (Å²) in [5, 5.41) is 3.11. The molecule has 0 spiro atoms. The van der Waals surface area contributed by atoms with Crippen LogP contribution >= 0.6 is 0 Å². The van der Waals surface area contributed by atoms with Gasteiger partial charge in [-0.05, 0) is 75.0 Å². The van der Waals surface area contributed by atoms with Gasteiger partial charge in [0.25, 0.3) is 0 Å². The molecular weight excluding hydrogens is 340 g/mol. The fraction of sp³-hybridized carbons (Fsp3) is 0.500. The molecule has 1 fully saturated rings. The summed E-state index contributed by atoms with van der Waals surface area (Å²) in [7, 11) is 5.67. The number of rotatable bonds is 9. The zero-order valence-corrected chi connectivity index (χ0v) is 16.7. The van der Waals surface area contributed by atoms with Crippen molar-refractivity contribution >= 4 is 5.91 Å². The van der Waals surface area contributed by atoms with Gasteiger partial charge in [-0.2, -0.15) is 0 Å². The number of carbonyl (C=O) groups excluding carboxylic acids is 1. The summed E-state index contributed by atoms with van der Waals surface area (Å²) in [4.78, 5) is 14.7. The van der Waals surface area contributed by atoms with Crippen molar-refractivity contribution in [3.05, 3.63) is 53.5 Å². The van der Waals surface area contributed by atoms with Gasteiger partial charge in [0.1, 0.15) is 11.5 Å². The van der Waals surface area contributed by atoms with E-state index in [-0.39, 0.29) is 17.9 Å². The van der Waals surface area contributed by atoms with Gasteiger partial charge in [-0.25, -0.2) is 0 Å². The number of methoxy groups -OCH3 is 1. The molecule has 5 heteroatoms. The number of likely N-dealkylation sites (N-methyl/N-ethyl adjacent to an activating group) is 1. The third kappa shape index (κ3) is 4.92. The van der Waals surface area contributed by atoms with Crippen LogP contribution in [0.1, 0.15) is 48.1 Å². The van der Waals surface area contributed by atoms with E-state index in [4.69, 9.17) is 9.15 Å². The molecule has 0 aliphatic heterocycles. The number of nitrogens with one attached hydrogen (secondary N) is 1. The quantitative estimate of drug-likeness (QED) is 0.727. The van der Waals surface area contributed by atoms with Gasteiger partial charge >= 0.3 is 0 Å². The highest BCUT2D eigenvalue weighted by molar-refractivity contribution is 5.77. The van der Waals surface area contributed by atoms with Crippen molar-refractivity contribution in [1.29, 1.82) is 0 Å². The van der Waals surface area contributed by atoms with Crippen LogP contribution in [0.15, 0.2) is 41.0 Å². The maximum atomic E-state index is 12.7. The van der Waals surface area contributed by atoms with Gasteiger partial charge in [0.05, 0.1) is 19.4 Å². The fourth-order valence-corrected chi connectivity index (χ4v) is 3.69. The second-order valence-corrected chi connectivity index (χ2v) is 7.68. The van der Waals surface area contributed by atoms with E-state index in [1.165, 1.54) is 18.4 Å². The Morgan fingerprint density at radius 3 is 2.67 bits per heavy atom. The molecule has 2 atom stereocenters. The predicted molar refractivity (Wildman–Crippen MR) is 106 cm³/mol. The Balaban J connectivity index is 1.63. The molecule has 1 heterocycles. The van der Waals surface area contributed by atoms with Crippen LogP contribution in [0.5, 0.6) is 5.75 Å². The zero-order chi connectivity index (χ0) is 19.4. The second kappa shape index (κ2) is 8.61. The number of furan rings is 1. The zero-order valence-electron chi connectivity index (χ0n) is 16.7. The van der Waals surface area contributed by atoms with Crippen molar-refractivity contribution in [2.45, 2.75) is 38.1 Å². The van der Waals surface area contributed by atoms with Crippen molar-refractivity contribution < 1.29 is 13.9 Å². The molecule has 1 aromatic carbocycles. The lowest BCUT2D eigenvalue weighted by atomic mass is 9.89. The summed E-state index contributed by atoms with van der Waals surface area (Å²) in [6.07, 6.45) is 4.60. The largest absolute Gasteiger partial charge is 0.496 e. The van der Waals surface area contributed by atoms with Gasteiger partial charge in [0.2, 0.25) is 5.91 Å². The molecular formula is C22H30N2O3. The van der Waals surface area contributed by atoms with Crippen LogP contribution < -0.4 is 10.1 Å². The van der Waals surface area contributed by atoms with Crippen molar-refractivity contribution in [2.24, 2.45) is 5.92 Å². The highest BCUT2D eigenvalue weighted by atomic mass is 16.5. The first-order chi connectivity index (χ1) is 13.0. The van der Waals surface area contributed by atoms with Gasteiger partial charge in [0.15, 0.2) is 0 Å². The van der Waals surface area contributed by atoms with Crippen molar-refractivity contribution in [3.63, 3.8) is 0 Å². The summed E-state index contributed by atoms with van der Waals surface area (Å²) in [5.74, 6) is 2.74. The molecule has 1 aliphatic rings. The van der Waals surface area contributed by atoms with Crippen molar-refractivity contribution in [3.8, 4) is 5.75 Å². The van der Waals surface area contributed by atoms with Crippen LogP contribution in [0.25, 0.3) is 0 Å². The minimum atomic E-state index is 0.0338. The van der Waals surface area contributed by atoms with E-state index in [1.807, 2.05) is 32.3 Å². The molecule has 1 aliphatic carbocycles. The van der Waals surface area contributed by atoms with E-state index in [0.29, 0.717) is 18.9 Å². The van der Waals surface area contributed by atoms with Gasteiger partial charge in [-0.1, -0.05) is 12.1 Å². The minimum Gasteiger partial charge on any atom is -0.496 e. The predicted octanol–water partition coefficient (Wildman–Crippen LogP) is 3.90. The number of amides is 1. The molecule has 1 amide bonds. The smallest absolute Gasteiger partial charge is 0.220 e. The Morgan fingerprint density at radius 2 is 2.11 bits per heavy atom. The number of hydrogen-bond acceptors (Lipinski definition) is 4. The minimum absolute atomic E-state index is 0.0338. The summed E-state index contributed by atoms with van der Waals surface area (Å²) < 4.78 is 10.9. The Kier molecular flexibility index (Phi) is 6.22. The molecule has 1 aromatic heterocycles. The summed E-state index contributed by atoms with van der Waals surface area (Å²) >= 11 is 0. The van der Waals surface area contributed by atoms with E-state index >= 15 is 0 Å². The highest BCUT2D eigenvalue weighted by Crippen LogP contribution is 2.45. The number of benzene rings is 1. The number of carbonyl (C=O) groups is 1. The number of nitrogens with zero attached hydrogens (tertiary/aromatic N) is 1. The Morgan fingerprint density at radius 1 is 1.33 bits per heavy atom. The molecule has 2 aromatic rings. The van der Waals surface area contributed by atoms with Crippen LogP contribution in [0.2, 0.25) is 0 Å². The van der Waals surface area contributed by atoms with Crippen LogP contribution in [-0.4, -0.2) is 38.6 Å². The van der Waals surface area contributed by atoms with Gasteiger partial charge in [-0.3, -0.25) is 9.69 Å². The van der Waals surface area contributed by atoms with E-state index in [9.17, 15) is 4.79 Å². The molecule has 27 heavy (non-hydrogen) atoms. The standard InChI is InChI=1S/C22H30N2O3/c1-15-12-17(9-10-20(15)26-4)18(16-7-8-16)13-22(25)23-14-19(24(2)3)21-6-5-11-27-21/h5-6,9-12,16,18-19H,7-8,13-14H2,1-4H3,(H,23,25). The topological polar surface area (TPSA) is 54.7 Å². The first kappa shape index (κ1) is 19.5. The molecule has 1 saturated carbocycles. The van der Waals surface area contributed by atoms with E-state index in [2.05, 4.69) is 29.3 Å². The van der Waals surface area contributed by atoms with E-state index in [1.54, 1.807) is 13.4 Å². The van der Waals surface area contributed by atoms with Crippen LogP contribution in [0.4, 0.5) is 0 Å². The first-order valence-electron chi connectivity index (χ1n) is 9.60. The molecule has 3 rings (SSSR count). The summed E-state index contributed by atoms with van der Waals surface area (Å²) in [6.45, 7) is 2.59. The molecule has 5 nitrogen and oxygen atoms in total. The fourth-order valence-electron chi connectivity index (χ4n) is 3.69. The van der Waals surface area contributed by atoms with Crippen molar-refractivity contribution in [1.82, 2.24) is 10.2 Å². The summed E-state index contributed by atoms with van der Waals surface area (Å²) in [6, 6.07) is 10.1. The molecule has 0 radical (unpaired) electrons. The number of hydrogen-bond donors (Lipinski definition) is 1. The maximum absolute atomic E-state index is 12.7. The Hall–Kier alpha value is -2.27. The Bertz CT molecular complexity index is 751. The monoisotopic (exact) mass is 370 g/mol. The third-order valence-electron chi connectivity index (χ3n) is 5.43. The van der Waals surface area contributed by atoms with E-state index < -0.39 is 0 Å². The third-order valence-corrected chi connectivity index (χ3v) is 5.43. The normalized spacial score (nSPS) is 16.2. The van der Waals surface area contributed by atoms with Gasteiger partial charge in [-0.15, -0.1) is 0 Å². The average molecular weight is 370 g/mol. The SMILES string of the molecule is COc1ccc(C(CC(=O)NCC(c2ccco2)N(C)C)C2CC2)cc1C. The van der Waals surface area contributed by atoms with Crippen LogP contribution in [0.3, 0.4) is 0 Å². The lowest BCUT2D eigenvalue weighted by Crippen LogP contribution is -2.35. The molecule has 0 saturated heterocycles. The number of aryl methyl sites for hydroxylation is 1. The van der Waals surface area contributed by atoms with Gasteiger partial charge < -0.3 is 14.5 Å². The lowest BCUT2D eigenvalue weighted by Gasteiger charge is -2.23. The van der Waals surface area contributed by atoms with Gasteiger partial charge in [0, 0.05) is 13.0 Å². The first-order valence-corrected chi connectivity index (χ1v) is 9.60. The lowest BCUT2D eigenvalue weighted by molar-refractivity contribution is -0.121. The molecule has 0 bridgehead atoms. The maximum Gasteiger partial charge on any atom is 0.220 e. The molecule has 2 unspecified atom stereocenters. The Labute approximate surface area is 161 Å². The van der Waals surface area contributed by atoms with Crippen molar-refractivity contribution in [2.75, 3.05) is 27.7 Å². The second-order valence-electron chi connectivity index (χ2n) is 7.68. The van der Waals surface area contributed by atoms with Crippen LogP contribution in [0, 0.1) is 12.8 Å².